The van der Waals surface area contributed by atoms with Crippen LogP contribution in [0.3, 0.4) is 0 Å². The van der Waals surface area contributed by atoms with Crippen molar-refractivity contribution in [3.8, 4) is 0 Å². The van der Waals surface area contributed by atoms with Crippen LogP contribution in [0, 0.1) is 0 Å². The van der Waals surface area contributed by atoms with Gasteiger partial charge in [0.1, 0.15) is 0 Å². The van der Waals surface area contributed by atoms with Crippen LogP contribution in [-0.2, 0) is 21.2 Å². The number of benzene rings is 2. The maximum atomic E-state index is 11.8. The summed E-state index contributed by atoms with van der Waals surface area (Å²) in [7, 11) is -3.67. The summed E-state index contributed by atoms with van der Waals surface area (Å²) in [5, 5.41) is 7.82. The normalized spacial score (nSPS) is 11.6. The fourth-order valence-electron chi connectivity index (χ4n) is 2.02. The van der Waals surface area contributed by atoms with Crippen LogP contribution in [0.4, 0.5) is 0 Å². The van der Waals surface area contributed by atoms with Gasteiger partial charge in [0.05, 0.1) is 4.90 Å². The van der Waals surface area contributed by atoms with Crippen molar-refractivity contribution in [3.63, 3.8) is 0 Å². The van der Waals surface area contributed by atoms with Crippen molar-refractivity contribution in [1.29, 1.82) is 0 Å². The number of amides is 1. The molecular formula is C17H17BrN2O3S. The topological polar surface area (TPSA) is 89.3 Å². The molecule has 0 bridgehead atoms. The van der Waals surface area contributed by atoms with Gasteiger partial charge in [0.25, 0.3) is 0 Å². The standard InChI is InChI=1S/C17H17BrN2O3S/c18-15-3-1-2-14(12-15)6-9-17(21)20-11-10-13-4-7-16(8-5-13)24(19,22)23/h1-9,12H,10-11H2,(H,20,21)(H2,19,22,23)/b9-6+. The molecule has 2 aromatic rings. The molecule has 0 heterocycles. The Hall–Kier alpha value is -1.96. The van der Waals surface area contributed by atoms with E-state index in [1.807, 2.05) is 24.3 Å². The van der Waals surface area contributed by atoms with Gasteiger partial charge in [-0.1, -0.05) is 40.2 Å². The third-order valence-electron chi connectivity index (χ3n) is 3.24. The first-order chi connectivity index (χ1) is 11.3. The molecule has 0 aliphatic rings. The molecule has 3 N–H and O–H groups in total. The van der Waals surface area contributed by atoms with Crippen molar-refractivity contribution < 1.29 is 13.2 Å². The largest absolute Gasteiger partial charge is 0.352 e. The minimum atomic E-state index is -3.67. The number of sulfonamides is 1. The maximum Gasteiger partial charge on any atom is 0.244 e. The molecular weight excluding hydrogens is 392 g/mol. The molecule has 1 amide bonds. The third-order valence-corrected chi connectivity index (χ3v) is 4.66. The number of hydrogen-bond donors (Lipinski definition) is 2. The zero-order valence-corrected chi connectivity index (χ0v) is 15.2. The van der Waals surface area contributed by atoms with E-state index in [0.29, 0.717) is 13.0 Å². The van der Waals surface area contributed by atoms with Gasteiger partial charge in [-0.3, -0.25) is 4.79 Å². The van der Waals surface area contributed by atoms with Gasteiger partial charge < -0.3 is 5.32 Å². The highest BCUT2D eigenvalue weighted by Crippen LogP contribution is 2.12. The summed E-state index contributed by atoms with van der Waals surface area (Å²) in [6.07, 6.45) is 3.81. The minimum absolute atomic E-state index is 0.0761. The van der Waals surface area contributed by atoms with Gasteiger partial charge in [0.2, 0.25) is 15.9 Å². The number of halogens is 1. The van der Waals surface area contributed by atoms with Crippen molar-refractivity contribution in [2.75, 3.05) is 6.54 Å². The fourth-order valence-corrected chi connectivity index (χ4v) is 2.95. The predicted molar refractivity (Wildman–Crippen MR) is 97.7 cm³/mol. The van der Waals surface area contributed by atoms with Crippen molar-refractivity contribution in [2.45, 2.75) is 11.3 Å². The van der Waals surface area contributed by atoms with Crippen molar-refractivity contribution >= 4 is 37.9 Å². The highest BCUT2D eigenvalue weighted by molar-refractivity contribution is 9.10. The molecule has 7 heteroatoms. The van der Waals surface area contributed by atoms with Crippen LogP contribution < -0.4 is 10.5 Å². The lowest BCUT2D eigenvalue weighted by Crippen LogP contribution is -2.23. The lowest BCUT2D eigenvalue weighted by atomic mass is 10.1. The summed E-state index contributed by atoms with van der Waals surface area (Å²) in [6.45, 7) is 0.455. The predicted octanol–water partition coefficient (Wildman–Crippen LogP) is 2.47. The lowest BCUT2D eigenvalue weighted by Gasteiger charge is -2.04. The molecule has 0 radical (unpaired) electrons. The number of carbonyl (C=O) groups excluding carboxylic acids is 1. The molecule has 0 aliphatic heterocycles. The van der Waals surface area contributed by atoms with Crippen LogP contribution in [0.25, 0.3) is 6.08 Å². The highest BCUT2D eigenvalue weighted by Gasteiger charge is 2.06. The number of rotatable bonds is 6. The van der Waals surface area contributed by atoms with Crippen LogP contribution >= 0.6 is 15.9 Å². The van der Waals surface area contributed by atoms with Crippen LogP contribution in [-0.4, -0.2) is 20.9 Å². The summed E-state index contributed by atoms with van der Waals surface area (Å²) in [5.41, 5.74) is 1.84. The molecule has 2 rings (SSSR count). The van der Waals surface area contributed by atoms with Crippen LogP contribution in [0.2, 0.25) is 0 Å². The quantitative estimate of drug-likeness (QED) is 0.719. The smallest absolute Gasteiger partial charge is 0.244 e. The first-order valence-electron chi connectivity index (χ1n) is 7.18. The van der Waals surface area contributed by atoms with E-state index in [1.165, 1.54) is 18.2 Å². The second-order valence-electron chi connectivity index (χ2n) is 5.12. The summed E-state index contributed by atoms with van der Waals surface area (Å²) in [4.78, 5) is 11.8. The van der Waals surface area contributed by atoms with Gasteiger partial charge in [-0.05, 0) is 47.9 Å². The van der Waals surface area contributed by atoms with E-state index in [1.54, 1.807) is 18.2 Å². The van der Waals surface area contributed by atoms with Gasteiger partial charge in [-0.15, -0.1) is 0 Å². The molecule has 0 fully saturated rings. The molecule has 5 nitrogen and oxygen atoms in total. The van der Waals surface area contributed by atoms with Crippen LogP contribution in [0.15, 0.2) is 64.0 Å². The molecule has 24 heavy (non-hydrogen) atoms. The van der Waals surface area contributed by atoms with Crippen LogP contribution in [0.5, 0.6) is 0 Å². The van der Waals surface area contributed by atoms with Gasteiger partial charge in [-0.25, -0.2) is 13.6 Å². The van der Waals surface area contributed by atoms with Crippen molar-refractivity contribution in [2.24, 2.45) is 5.14 Å². The van der Waals surface area contributed by atoms with Crippen molar-refractivity contribution in [3.05, 3.63) is 70.2 Å². The van der Waals surface area contributed by atoms with Gasteiger partial charge in [0, 0.05) is 17.1 Å². The monoisotopic (exact) mass is 408 g/mol. The van der Waals surface area contributed by atoms with Gasteiger partial charge >= 0.3 is 0 Å². The lowest BCUT2D eigenvalue weighted by molar-refractivity contribution is -0.116. The molecule has 2 aromatic carbocycles. The van der Waals surface area contributed by atoms with E-state index in [4.69, 9.17) is 5.14 Å². The Bertz CT molecular complexity index is 846. The zero-order chi connectivity index (χ0) is 17.6. The van der Waals surface area contributed by atoms with E-state index in [-0.39, 0.29) is 10.8 Å². The SMILES string of the molecule is NS(=O)(=O)c1ccc(CCNC(=O)/C=C/c2cccc(Br)c2)cc1. The molecule has 126 valence electrons. The van der Waals surface area contributed by atoms with Crippen LogP contribution in [0.1, 0.15) is 11.1 Å². The van der Waals surface area contributed by atoms with Gasteiger partial charge in [-0.2, -0.15) is 0 Å². The molecule has 0 aliphatic carbocycles. The van der Waals surface area contributed by atoms with E-state index in [9.17, 15) is 13.2 Å². The number of nitrogens with one attached hydrogen (secondary N) is 1. The Morgan fingerprint density at radius 1 is 1.17 bits per heavy atom. The first kappa shape index (κ1) is 18.4. The first-order valence-corrected chi connectivity index (χ1v) is 9.52. The fraction of sp³-hybridized carbons (Fsp3) is 0.118. The minimum Gasteiger partial charge on any atom is -0.352 e. The average molecular weight is 409 g/mol. The number of primary sulfonamides is 1. The molecule has 0 saturated heterocycles. The Morgan fingerprint density at radius 2 is 1.88 bits per heavy atom. The van der Waals surface area contributed by atoms with Crippen molar-refractivity contribution in [1.82, 2.24) is 5.32 Å². The second-order valence-corrected chi connectivity index (χ2v) is 7.60. The van der Waals surface area contributed by atoms with E-state index in [2.05, 4.69) is 21.2 Å². The second kappa shape index (κ2) is 8.23. The van der Waals surface area contributed by atoms with Gasteiger partial charge in [0.15, 0.2) is 0 Å². The Kier molecular flexibility index (Phi) is 6.30. The number of carbonyl (C=O) groups is 1. The summed E-state index contributed by atoms with van der Waals surface area (Å²) >= 11 is 3.37. The molecule has 0 aromatic heterocycles. The zero-order valence-electron chi connectivity index (χ0n) is 12.8. The highest BCUT2D eigenvalue weighted by atomic mass is 79.9. The summed E-state index contributed by atoms with van der Waals surface area (Å²) < 4.78 is 23.3. The van der Waals surface area contributed by atoms with E-state index >= 15 is 0 Å². The number of hydrogen-bond acceptors (Lipinski definition) is 3. The Balaban J connectivity index is 1.82. The Morgan fingerprint density at radius 3 is 2.50 bits per heavy atom. The third kappa shape index (κ3) is 5.92. The maximum absolute atomic E-state index is 11.8. The molecule has 0 saturated carbocycles. The summed E-state index contributed by atoms with van der Waals surface area (Å²) in [6, 6.07) is 13.9. The van der Waals surface area contributed by atoms with E-state index in [0.717, 1.165) is 15.6 Å². The molecule has 0 atom stereocenters. The van der Waals surface area contributed by atoms with E-state index < -0.39 is 10.0 Å². The summed E-state index contributed by atoms with van der Waals surface area (Å²) in [5.74, 6) is -0.184. The molecule has 0 spiro atoms. The Labute approximate surface area is 149 Å². The molecule has 0 unspecified atom stereocenters. The number of nitrogens with two attached hydrogens (primary N) is 1. The average Bonchev–Trinajstić information content (AvgIpc) is 2.53.